The average molecular weight is 318 g/mol. The first-order valence-electron chi connectivity index (χ1n) is 6.48. The maximum Gasteiger partial charge on any atom is 0.300 e. The molecule has 0 aromatic heterocycles. The van der Waals surface area contributed by atoms with Crippen LogP contribution in [-0.2, 0) is 14.3 Å². The van der Waals surface area contributed by atoms with Crippen molar-refractivity contribution in [3.63, 3.8) is 0 Å². The second-order valence-corrected chi connectivity index (χ2v) is 3.20. The summed E-state index contributed by atoms with van der Waals surface area (Å²) in [5.41, 5.74) is 0. The highest BCUT2D eigenvalue weighted by atomic mass is 16.5. The molecule has 0 aromatic carbocycles. The zero-order valence-corrected chi connectivity index (χ0v) is 13.4. The Morgan fingerprint density at radius 2 is 1.00 bits per heavy atom. The van der Waals surface area contributed by atoms with Crippen LogP contribution in [0.1, 0.15) is 6.92 Å². The van der Waals surface area contributed by atoms with Crippen LogP contribution < -0.4 is 0 Å². The van der Waals surface area contributed by atoms with Crippen LogP contribution in [0.3, 0.4) is 0 Å². The van der Waals surface area contributed by atoms with Crippen molar-refractivity contribution in [2.45, 2.75) is 6.92 Å². The summed E-state index contributed by atoms with van der Waals surface area (Å²) in [5.74, 6) is -0.833. The monoisotopic (exact) mass is 318 g/mol. The van der Waals surface area contributed by atoms with E-state index in [0.717, 1.165) is 6.92 Å². The molecule has 0 saturated heterocycles. The topological polar surface area (TPSA) is 96.2 Å². The van der Waals surface area contributed by atoms with Crippen LogP contribution in [0.15, 0.2) is 50.6 Å². The lowest BCUT2D eigenvalue weighted by Gasteiger charge is -1.89. The number of carbonyl (C=O) groups is 1. The molecule has 0 heterocycles. The van der Waals surface area contributed by atoms with Crippen molar-refractivity contribution in [1.29, 1.82) is 0 Å². The van der Waals surface area contributed by atoms with Gasteiger partial charge in [0.05, 0.1) is 39.6 Å². The third-order valence-corrected chi connectivity index (χ3v) is 1.04. The van der Waals surface area contributed by atoms with Crippen molar-refractivity contribution < 1.29 is 29.6 Å². The molecule has 3 N–H and O–H groups in total. The summed E-state index contributed by atoms with van der Waals surface area (Å²) in [6, 6.07) is 0. The summed E-state index contributed by atoms with van der Waals surface area (Å²) >= 11 is 0. The van der Waals surface area contributed by atoms with Crippen molar-refractivity contribution in [3.8, 4) is 0 Å². The van der Waals surface area contributed by atoms with Crippen molar-refractivity contribution in [2.75, 3.05) is 39.6 Å². The van der Waals surface area contributed by atoms with E-state index in [9.17, 15) is 0 Å². The van der Waals surface area contributed by atoms with Gasteiger partial charge in [-0.3, -0.25) is 4.79 Å². The predicted octanol–water partition coefficient (Wildman–Crippen LogP) is 1.81. The molecule has 0 amide bonds. The normalized spacial score (nSPS) is 7.59. The number of rotatable bonds is 9. The van der Waals surface area contributed by atoms with Gasteiger partial charge in [-0.25, -0.2) is 0 Å². The lowest BCUT2D eigenvalue weighted by atomic mass is 10.6. The second-order valence-electron chi connectivity index (χ2n) is 3.20. The number of aliphatic hydroxyl groups excluding tert-OH is 2. The molecule has 22 heavy (non-hydrogen) atoms. The molecule has 6 heteroatoms. The Labute approximate surface area is 133 Å². The summed E-state index contributed by atoms with van der Waals surface area (Å²) in [5, 5.41) is 22.7. The number of carboxylic acid groups (broad SMARTS) is 1. The molecule has 0 radical (unpaired) electrons. The molecule has 130 valence electrons. The Morgan fingerprint density at radius 3 is 1.09 bits per heavy atom. The number of aliphatic hydroxyl groups is 2. The maximum absolute atomic E-state index is 9.00. The Kier molecular flexibility index (Phi) is 47.2. The lowest BCUT2D eigenvalue weighted by Crippen LogP contribution is -1.87. The molecule has 0 atom stereocenters. The largest absolute Gasteiger partial charge is 0.481 e. The van der Waals surface area contributed by atoms with E-state index in [4.69, 9.17) is 29.6 Å². The third-order valence-electron chi connectivity index (χ3n) is 1.04. The summed E-state index contributed by atoms with van der Waals surface area (Å²) in [7, 11) is 0. The standard InChI is InChI=1S/2C6H10O.C2H4O2.C2H6O2/c2*1-3-5-7-6-4-2;1-2(3)4;3-1-2-4/h2*3-4H,1-2,5-6H2;1H3,(H,3,4);3-4H,1-2H2. The van der Waals surface area contributed by atoms with Crippen LogP contribution in [-0.4, -0.2) is 60.9 Å². The van der Waals surface area contributed by atoms with Crippen LogP contribution in [0.5, 0.6) is 0 Å². The highest BCUT2D eigenvalue weighted by Crippen LogP contribution is 1.73. The van der Waals surface area contributed by atoms with Gasteiger partial charge in [0.15, 0.2) is 0 Å². The molecule has 0 saturated carbocycles. The summed E-state index contributed by atoms with van der Waals surface area (Å²) in [4.78, 5) is 9.00. The van der Waals surface area contributed by atoms with Crippen LogP contribution >= 0.6 is 0 Å². The molecule has 0 unspecified atom stereocenters. The molecule has 0 aliphatic heterocycles. The van der Waals surface area contributed by atoms with Gasteiger partial charge in [0.2, 0.25) is 0 Å². The SMILES string of the molecule is C=CCOCC=C.C=CCOCC=C.CC(=O)O.OCCO. The van der Waals surface area contributed by atoms with E-state index in [1.807, 2.05) is 0 Å². The molecule has 0 fully saturated rings. The van der Waals surface area contributed by atoms with Crippen molar-refractivity contribution in [2.24, 2.45) is 0 Å². The number of aliphatic carboxylic acids is 1. The number of hydrogen-bond donors (Lipinski definition) is 3. The van der Waals surface area contributed by atoms with Crippen molar-refractivity contribution in [3.05, 3.63) is 50.6 Å². The summed E-state index contributed by atoms with van der Waals surface area (Å²) < 4.78 is 9.79. The molecule has 6 nitrogen and oxygen atoms in total. The van der Waals surface area contributed by atoms with E-state index in [2.05, 4.69) is 26.3 Å². The fourth-order valence-electron chi connectivity index (χ4n) is 0.469. The Morgan fingerprint density at radius 1 is 0.818 bits per heavy atom. The maximum atomic E-state index is 9.00. The number of ether oxygens (including phenoxy) is 2. The summed E-state index contributed by atoms with van der Waals surface area (Å²) in [6.07, 6.45) is 6.85. The van der Waals surface area contributed by atoms with Gasteiger partial charge in [-0.15, -0.1) is 26.3 Å². The van der Waals surface area contributed by atoms with Gasteiger partial charge in [0, 0.05) is 6.92 Å². The predicted molar refractivity (Wildman–Crippen MR) is 89.9 cm³/mol. The van der Waals surface area contributed by atoms with Crippen LogP contribution in [0.2, 0.25) is 0 Å². The molecule has 0 spiro atoms. The van der Waals surface area contributed by atoms with Crippen LogP contribution in [0.25, 0.3) is 0 Å². The Balaban J connectivity index is -0.000000102. The van der Waals surface area contributed by atoms with Gasteiger partial charge >= 0.3 is 0 Å². The highest BCUT2D eigenvalue weighted by Gasteiger charge is 1.71. The first kappa shape index (κ1) is 28.4. The molecule has 0 bridgehead atoms. The highest BCUT2D eigenvalue weighted by molar-refractivity contribution is 5.62. The van der Waals surface area contributed by atoms with Crippen molar-refractivity contribution >= 4 is 5.97 Å². The van der Waals surface area contributed by atoms with E-state index in [1.54, 1.807) is 24.3 Å². The molecule has 0 aromatic rings. The molecular weight excluding hydrogens is 288 g/mol. The van der Waals surface area contributed by atoms with Gasteiger partial charge in [-0.05, 0) is 0 Å². The minimum atomic E-state index is -0.833. The first-order chi connectivity index (χ1) is 10.5. The summed E-state index contributed by atoms with van der Waals surface area (Å²) in [6.45, 7) is 17.2. The van der Waals surface area contributed by atoms with Gasteiger partial charge in [0.1, 0.15) is 0 Å². The fraction of sp³-hybridized carbons (Fsp3) is 0.438. The first-order valence-corrected chi connectivity index (χ1v) is 6.48. The molecular formula is C16H30O6. The average Bonchev–Trinajstić information content (AvgIpc) is 2.49. The van der Waals surface area contributed by atoms with Gasteiger partial charge in [0.25, 0.3) is 5.97 Å². The van der Waals surface area contributed by atoms with E-state index in [1.165, 1.54) is 0 Å². The smallest absolute Gasteiger partial charge is 0.300 e. The van der Waals surface area contributed by atoms with E-state index in [0.29, 0.717) is 26.4 Å². The zero-order chi connectivity index (χ0) is 18.1. The minimum Gasteiger partial charge on any atom is -0.481 e. The molecule has 0 rings (SSSR count). The van der Waals surface area contributed by atoms with Gasteiger partial charge < -0.3 is 24.8 Å². The quantitative estimate of drug-likeness (QED) is 0.443. The zero-order valence-electron chi connectivity index (χ0n) is 13.4. The minimum absolute atomic E-state index is 0.125. The number of carboxylic acids is 1. The van der Waals surface area contributed by atoms with Crippen LogP contribution in [0, 0.1) is 0 Å². The second kappa shape index (κ2) is 36.5. The van der Waals surface area contributed by atoms with E-state index in [-0.39, 0.29) is 13.2 Å². The van der Waals surface area contributed by atoms with E-state index < -0.39 is 5.97 Å². The molecule has 0 aliphatic carbocycles. The van der Waals surface area contributed by atoms with Crippen LogP contribution in [0.4, 0.5) is 0 Å². The van der Waals surface area contributed by atoms with Gasteiger partial charge in [-0.1, -0.05) is 24.3 Å². The van der Waals surface area contributed by atoms with Crippen molar-refractivity contribution in [1.82, 2.24) is 0 Å². The Hall–Kier alpha value is -1.73. The molecule has 0 aliphatic rings. The third kappa shape index (κ3) is 103. The lowest BCUT2D eigenvalue weighted by molar-refractivity contribution is -0.134. The van der Waals surface area contributed by atoms with Gasteiger partial charge in [-0.2, -0.15) is 0 Å². The number of hydrogen-bond acceptors (Lipinski definition) is 5. The van der Waals surface area contributed by atoms with E-state index >= 15 is 0 Å². The fourth-order valence-corrected chi connectivity index (χ4v) is 0.469. The Bertz CT molecular complexity index is 211.